The van der Waals surface area contributed by atoms with E-state index in [1.54, 1.807) is 24.3 Å². The first-order valence-corrected chi connectivity index (χ1v) is 12.7. The van der Waals surface area contributed by atoms with E-state index in [4.69, 9.17) is 9.47 Å². The van der Waals surface area contributed by atoms with Crippen LogP contribution in [0.1, 0.15) is 85.9 Å². The molecule has 2 aromatic rings. The highest BCUT2D eigenvalue weighted by Crippen LogP contribution is 2.14. The number of ether oxygens (including phenoxy) is 2. The molecule has 0 saturated heterocycles. The zero-order chi connectivity index (χ0) is 24.4. The number of carbonyl (C=O) groups is 2. The number of amides is 2. The standard InChI is InChI=1S/C28H40N2O4/c1-3-5-7-9-21-33-25-15-11-23(12-16-25)27(31)29-19-20-30-28(32)24-13-17-26(18-14-24)34-22-10-8-6-4-2/h11-18H,3-10,19-22H2,1-2H3,(H,29,31)(H,30,32). The summed E-state index contributed by atoms with van der Waals surface area (Å²) in [4.78, 5) is 24.6. The minimum Gasteiger partial charge on any atom is -0.494 e. The molecule has 2 amide bonds. The molecule has 0 atom stereocenters. The summed E-state index contributed by atoms with van der Waals surface area (Å²) in [6.45, 7) is 6.45. The van der Waals surface area contributed by atoms with Crippen molar-refractivity contribution in [3.05, 3.63) is 59.7 Å². The number of hydrogen-bond donors (Lipinski definition) is 2. The average molecular weight is 469 g/mol. The third-order valence-electron chi connectivity index (χ3n) is 5.46. The van der Waals surface area contributed by atoms with Gasteiger partial charge in [0.2, 0.25) is 0 Å². The predicted molar refractivity (Wildman–Crippen MR) is 137 cm³/mol. The van der Waals surface area contributed by atoms with Crippen molar-refractivity contribution in [1.82, 2.24) is 10.6 Å². The molecule has 2 aromatic carbocycles. The Kier molecular flexibility index (Phi) is 13.3. The number of unbranched alkanes of at least 4 members (excludes halogenated alkanes) is 6. The molecule has 0 aliphatic rings. The van der Waals surface area contributed by atoms with Crippen LogP contribution in [0.4, 0.5) is 0 Å². The van der Waals surface area contributed by atoms with Crippen molar-refractivity contribution in [1.29, 1.82) is 0 Å². The molecule has 0 aliphatic heterocycles. The quantitative estimate of drug-likeness (QED) is 0.289. The third kappa shape index (κ3) is 10.7. The lowest BCUT2D eigenvalue weighted by Gasteiger charge is -2.09. The molecule has 186 valence electrons. The first kappa shape index (κ1) is 27.2. The predicted octanol–water partition coefficient (Wildman–Crippen LogP) is 5.76. The van der Waals surface area contributed by atoms with Gasteiger partial charge in [-0.1, -0.05) is 52.4 Å². The molecule has 0 fully saturated rings. The molecule has 0 heterocycles. The lowest BCUT2D eigenvalue weighted by molar-refractivity contribution is 0.0927. The molecule has 0 saturated carbocycles. The van der Waals surface area contributed by atoms with E-state index in [9.17, 15) is 9.59 Å². The number of benzene rings is 2. The summed E-state index contributed by atoms with van der Waals surface area (Å²) < 4.78 is 11.4. The molecule has 0 spiro atoms. The van der Waals surface area contributed by atoms with Crippen LogP contribution in [0.15, 0.2) is 48.5 Å². The highest BCUT2D eigenvalue weighted by atomic mass is 16.5. The fourth-order valence-electron chi connectivity index (χ4n) is 3.40. The van der Waals surface area contributed by atoms with Gasteiger partial charge in [-0.15, -0.1) is 0 Å². The summed E-state index contributed by atoms with van der Waals surface area (Å²) in [5.74, 6) is 1.19. The molecule has 0 radical (unpaired) electrons. The van der Waals surface area contributed by atoms with Crippen LogP contribution in [0, 0.1) is 0 Å². The first-order chi connectivity index (χ1) is 16.6. The Morgan fingerprint density at radius 1 is 0.588 bits per heavy atom. The van der Waals surface area contributed by atoms with Gasteiger partial charge in [-0.25, -0.2) is 0 Å². The van der Waals surface area contributed by atoms with Crippen LogP contribution in [0.5, 0.6) is 11.5 Å². The second-order valence-corrected chi connectivity index (χ2v) is 8.38. The Bertz CT molecular complexity index is 763. The smallest absolute Gasteiger partial charge is 0.251 e. The first-order valence-electron chi connectivity index (χ1n) is 12.7. The molecule has 6 nitrogen and oxygen atoms in total. The van der Waals surface area contributed by atoms with Gasteiger partial charge in [0.05, 0.1) is 13.2 Å². The van der Waals surface area contributed by atoms with E-state index in [1.807, 2.05) is 24.3 Å². The van der Waals surface area contributed by atoms with Gasteiger partial charge in [-0.2, -0.15) is 0 Å². The second kappa shape index (κ2) is 16.6. The maximum absolute atomic E-state index is 12.3. The van der Waals surface area contributed by atoms with Gasteiger partial charge in [0.25, 0.3) is 11.8 Å². The SMILES string of the molecule is CCCCCCOc1ccc(C(=O)NCCNC(=O)c2ccc(OCCCCCC)cc2)cc1. The number of nitrogens with one attached hydrogen (secondary N) is 2. The van der Waals surface area contributed by atoms with Gasteiger partial charge in [0.15, 0.2) is 0 Å². The van der Waals surface area contributed by atoms with Crippen LogP contribution in [0.2, 0.25) is 0 Å². The maximum Gasteiger partial charge on any atom is 0.251 e. The van der Waals surface area contributed by atoms with E-state index < -0.39 is 0 Å². The molecule has 2 rings (SSSR count). The molecule has 2 N–H and O–H groups in total. The highest BCUT2D eigenvalue weighted by molar-refractivity contribution is 5.95. The summed E-state index contributed by atoms with van der Waals surface area (Å²) in [7, 11) is 0. The van der Waals surface area contributed by atoms with Crippen molar-refractivity contribution in [3.8, 4) is 11.5 Å². The summed E-state index contributed by atoms with van der Waals surface area (Å²) >= 11 is 0. The number of hydrogen-bond acceptors (Lipinski definition) is 4. The summed E-state index contributed by atoms with van der Waals surface area (Å²) in [5, 5.41) is 5.65. The van der Waals surface area contributed by atoms with Crippen molar-refractivity contribution in [3.63, 3.8) is 0 Å². The molecule has 0 aromatic heterocycles. The van der Waals surface area contributed by atoms with Crippen LogP contribution in [-0.4, -0.2) is 38.1 Å². The van der Waals surface area contributed by atoms with E-state index in [1.165, 1.54) is 38.5 Å². The Balaban J connectivity index is 1.63. The monoisotopic (exact) mass is 468 g/mol. The van der Waals surface area contributed by atoms with Crippen molar-refractivity contribution in [2.45, 2.75) is 65.2 Å². The molecule has 0 unspecified atom stereocenters. The average Bonchev–Trinajstić information content (AvgIpc) is 2.87. The molecule has 0 bridgehead atoms. The third-order valence-corrected chi connectivity index (χ3v) is 5.46. The van der Waals surface area contributed by atoms with E-state index in [0.29, 0.717) is 37.4 Å². The maximum atomic E-state index is 12.3. The number of carbonyl (C=O) groups excluding carboxylic acids is 2. The van der Waals surface area contributed by atoms with Gasteiger partial charge in [-0.05, 0) is 61.4 Å². The molecule has 0 aliphatic carbocycles. The Morgan fingerprint density at radius 3 is 1.32 bits per heavy atom. The Morgan fingerprint density at radius 2 is 0.971 bits per heavy atom. The Hall–Kier alpha value is -3.02. The van der Waals surface area contributed by atoms with Crippen molar-refractivity contribution in [2.24, 2.45) is 0 Å². The van der Waals surface area contributed by atoms with Crippen LogP contribution in [-0.2, 0) is 0 Å². The molecule has 6 heteroatoms. The van der Waals surface area contributed by atoms with E-state index >= 15 is 0 Å². The summed E-state index contributed by atoms with van der Waals surface area (Å²) in [5.41, 5.74) is 1.13. The second-order valence-electron chi connectivity index (χ2n) is 8.38. The minimum absolute atomic E-state index is 0.177. The van der Waals surface area contributed by atoms with E-state index in [0.717, 1.165) is 24.3 Å². The van der Waals surface area contributed by atoms with Crippen LogP contribution >= 0.6 is 0 Å². The number of rotatable bonds is 17. The lowest BCUT2D eigenvalue weighted by Crippen LogP contribution is -2.34. The van der Waals surface area contributed by atoms with E-state index in [-0.39, 0.29) is 11.8 Å². The van der Waals surface area contributed by atoms with Gasteiger partial charge in [0, 0.05) is 24.2 Å². The Labute approximate surface area is 204 Å². The van der Waals surface area contributed by atoms with Gasteiger partial charge >= 0.3 is 0 Å². The minimum atomic E-state index is -0.177. The van der Waals surface area contributed by atoms with Crippen molar-refractivity contribution >= 4 is 11.8 Å². The fourth-order valence-corrected chi connectivity index (χ4v) is 3.40. The van der Waals surface area contributed by atoms with Crippen LogP contribution in [0.3, 0.4) is 0 Å². The topological polar surface area (TPSA) is 76.7 Å². The molecule has 34 heavy (non-hydrogen) atoms. The van der Waals surface area contributed by atoms with Gasteiger partial charge in [-0.3, -0.25) is 9.59 Å². The molecular weight excluding hydrogens is 428 g/mol. The van der Waals surface area contributed by atoms with E-state index in [2.05, 4.69) is 24.5 Å². The largest absolute Gasteiger partial charge is 0.494 e. The molecular formula is C28H40N2O4. The fraction of sp³-hybridized carbons (Fsp3) is 0.500. The van der Waals surface area contributed by atoms with Crippen molar-refractivity contribution < 1.29 is 19.1 Å². The highest BCUT2D eigenvalue weighted by Gasteiger charge is 2.08. The van der Waals surface area contributed by atoms with Gasteiger partial charge in [0.1, 0.15) is 11.5 Å². The zero-order valence-corrected chi connectivity index (χ0v) is 20.7. The summed E-state index contributed by atoms with van der Waals surface area (Å²) in [6.07, 6.45) is 9.29. The lowest BCUT2D eigenvalue weighted by atomic mass is 10.2. The van der Waals surface area contributed by atoms with Gasteiger partial charge < -0.3 is 20.1 Å². The zero-order valence-electron chi connectivity index (χ0n) is 20.7. The van der Waals surface area contributed by atoms with Crippen LogP contribution in [0.25, 0.3) is 0 Å². The van der Waals surface area contributed by atoms with Crippen LogP contribution < -0.4 is 20.1 Å². The normalized spacial score (nSPS) is 10.5. The summed E-state index contributed by atoms with van der Waals surface area (Å²) in [6, 6.07) is 14.3. The van der Waals surface area contributed by atoms with Crippen molar-refractivity contribution in [2.75, 3.05) is 26.3 Å².